The van der Waals surface area contributed by atoms with Gasteiger partial charge in [-0.3, -0.25) is 9.36 Å². The van der Waals surface area contributed by atoms with Gasteiger partial charge in [-0.05, 0) is 31.2 Å². The standard InChI is InChI=1S/C16H14ClN3O/c1-10(18)15-19-13-9-5-8-12(17)14(13)16(21)20(15)11-6-3-2-4-7-11/h2-10H,18H2,1H3/t10-/m0/s1/i10D. The van der Waals surface area contributed by atoms with Gasteiger partial charge in [0.15, 0.2) is 0 Å². The highest BCUT2D eigenvalue weighted by Crippen LogP contribution is 2.21. The van der Waals surface area contributed by atoms with Crippen LogP contribution in [0, 0.1) is 0 Å². The average Bonchev–Trinajstić information content (AvgIpc) is 2.47. The molecule has 0 fully saturated rings. The van der Waals surface area contributed by atoms with E-state index >= 15 is 0 Å². The van der Waals surface area contributed by atoms with Crippen LogP contribution in [0.25, 0.3) is 16.6 Å². The maximum Gasteiger partial charge on any atom is 0.267 e. The summed E-state index contributed by atoms with van der Waals surface area (Å²) >= 11 is 6.16. The molecule has 1 atom stereocenters. The van der Waals surface area contributed by atoms with Gasteiger partial charge >= 0.3 is 0 Å². The Balaban J connectivity index is 2.50. The zero-order valence-electron chi connectivity index (χ0n) is 12.4. The summed E-state index contributed by atoms with van der Waals surface area (Å²) in [6, 6.07) is 12.5. The van der Waals surface area contributed by atoms with Gasteiger partial charge in [0.05, 0.1) is 29.0 Å². The Bertz CT molecular complexity index is 901. The van der Waals surface area contributed by atoms with Crippen molar-refractivity contribution in [2.45, 2.75) is 12.9 Å². The topological polar surface area (TPSA) is 60.9 Å². The Morgan fingerprint density at radius 1 is 1.24 bits per heavy atom. The maximum atomic E-state index is 12.9. The number of para-hydroxylation sites is 1. The molecule has 21 heavy (non-hydrogen) atoms. The third kappa shape index (κ3) is 2.33. The Morgan fingerprint density at radius 2 is 1.95 bits per heavy atom. The van der Waals surface area contributed by atoms with Gasteiger partial charge in [0.1, 0.15) is 5.82 Å². The summed E-state index contributed by atoms with van der Waals surface area (Å²) in [4.78, 5) is 17.3. The zero-order valence-corrected chi connectivity index (χ0v) is 12.1. The SMILES string of the molecule is [2H][C@@](C)(N)c1nc2cccc(Cl)c2c(=O)n1-c1ccccc1. The highest BCUT2D eigenvalue weighted by molar-refractivity contribution is 6.35. The van der Waals surface area contributed by atoms with Crippen LogP contribution in [-0.4, -0.2) is 9.55 Å². The largest absolute Gasteiger partial charge is 0.322 e. The molecule has 2 aromatic carbocycles. The van der Waals surface area contributed by atoms with Crippen molar-refractivity contribution in [1.82, 2.24) is 9.55 Å². The van der Waals surface area contributed by atoms with Crippen molar-refractivity contribution >= 4 is 22.5 Å². The summed E-state index contributed by atoms with van der Waals surface area (Å²) in [7, 11) is 0. The van der Waals surface area contributed by atoms with Gasteiger partial charge in [0.2, 0.25) is 0 Å². The third-order valence-electron chi connectivity index (χ3n) is 3.21. The van der Waals surface area contributed by atoms with Crippen LogP contribution in [-0.2, 0) is 0 Å². The lowest BCUT2D eigenvalue weighted by atomic mass is 10.2. The number of aromatic nitrogens is 2. The zero-order chi connectivity index (χ0) is 15.9. The van der Waals surface area contributed by atoms with Gasteiger partial charge in [-0.1, -0.05) is 35.9 Å². The molecule has 0 unspecified atom stereocenters. The molecular weight excluding hydrogens is 286 g/mol. The molecule has 5 heteroatoms. The predicted molar refractivity (Wildman–Crippen MR) is 85.0 cm³/mol. The molecule has 0 saturated carbocycles. The number of hydrogen-bond acceptors (Lipinski definition) is 3. The van der Waals surface area contributed by atoms with Gasteiger partial charge in [-0.15, -0.1) is 0 Å². The average molecular weight is 301 g/mol. The highest BCUT2D eigenvalue weighted by Gasteiger charge is 2.16. The predicted octanol–water partition coefficient (Wildman–Crippen LogP) is 3.06. The van der Waals surface area contributed by atoms with Crippen LogP contribution in [0.1, 0.15) is 20.1 Å². The van der Waals surface area contributed by atoms with Crippen LogP contribution in [0.5, 0.6) is 0 Å². The lowest BCUT2D eigenvalue weighted by molar-refractivity contribution is 0.696. The molecule has 0 aliphatic carbocycles. The van der Waals surface area contributed by atoms with Crippen LogP contribution in [0.4, 0.5) is 0 Å². The highest BCUT2D eigenvalue weighted by atomic mass is 35.5. The Kier molecular flexibility index (Phi) is 3.18. The first-order valence-electron chi connectivity index (χ1n) is 6.95. The second-order valence-electron chi connectivity index (χ2n) is 4.73. The molecule has 1 aromatic heterocycles. The van der Waals surface area contributed by atoms with Gasteiger partial charge in [0.25, 0.3) is 5.56 Å². The van der Waals surface area contributed by atoms with Gasteiger partial charge in [0, 0.05) is 0 Å². The minimum Gasteiger partial charge on any atom is -0.322 e. The van der Waals surface area contributed by atoms with E-state index in [0.717, 1.165) is 0 Å². The smallest absolute Gasteiger partial charge is 0.267 e. The fourth-order valence-corrected chi connectivity index (χ4v) is 2.52. The number of fused-ring (bicyclic) bond motifs is 1. The van der Waals surface area contributed by atoms with E-state index in [1.54, 1.807) is 42.5 Å². The third-order valence-corrected chi connectivity index (χ3v) is 3.53. The van der Waals surface area contributed by atoms with E-state index in [2.05, 4.69) is 4.98 Å². The number of rotatable bonds is 2. The van der Waals surface area contributed by atoms with E-state index in [-0.39, 0.29) is 11.4 Å². The second kappa shape index (κ2) is 5.31. The summed E-state index contributed by atoms with van der Waals surface area (Å²) in [5.74, 6) is 0.165. The second-order valence-corrected chi connectivity index (χ2v) is 5.14. The van der Waals surface area contributed by atoms with Crippen molar-refractivity contribution in [3.05, 3.63) is 69.7 Å². The Morgan fingerprint density at radius 3 is 2.62 bits per heavy atom. The van der Waals surface area contributed by atoms with E-state index in [9.17, 15) is 4.79 Å². The van der Waals surface area contributed by atoms with Crippen LogP contribution in [0.15, 0.2) is 53.3 Å². The summed E-state index contributed by atoms with van der Waals surface area (Å²) < 4.78 is 9.46. The fraction of sp³-hybridized carbons (Fsp3) is 0.125. The van der Waals surface area contributed by atoms with Crippen molar-refractivity contribution in [2.75, 3.05) is 0 Å². The fourth-order valence-electron chi connectivity index (χ4n) is 2.27. The number of benzene rings is 2. The van der Waals surface area contributed by atoms with Crippen molar-refractivity contribution in [3.8, 4) is 5.69 Å². The van der Waals surface area contributed by atoms with Gasteiger partial charge in [-0.25, -0.2) is 4.98 Å². The van der Waals surface area contributed by atoms with Crippen LogP contribution in [0.3, 0.4) is 0 Å². The first kappa shape index (κ1) is 12.6. The van der Waals surface area contributed by atoms with E-state index < -0.39 is 6.02 Å². The molecule has 0 saturated heterocycles. The molecule has 0 aliphatic rings. The van der Waals surface area contributed by atoms with Crippen LogP contribution >= 0.6 is 11.6 Å². The lowest BCUT2D eigenvalue weighted by Gasteiger charge is -2.16. The molecule has 4 nitrogen and oxygen atoms in total. The van der Waals surface area contributed by atoms with Crippen molar-refractivity contribution in [2.24, 2.45) is 5.73 Å². The molecule has 1 heterocycles. The summed E-state index contributed by atoms with van der Waals surface area (Å²) in [6.07, 6.45) is 0. The van der Waals surface area contributed by atoms with Crippen molar-refractivity contribution in [1.29, 1.82) is 0 Å². The monoisotopic (exact) mass is 300 g/mol. The summed E-state index contributed by atoms with van der Waals surface area (Å²) in [6.45, 7) is 1.49. The van der Waals surface area contributed by atoms with Crippen molar-refractivity contribution in [3.63, 3.8) is 0 Å². The molecule has 106 valence electrons. The molecule has 0 amide bonds. The first-order valence-corrected chi connectivity index (χ1v) is 6.83. The van der Waals surface area contributed by atoms with E-state index in [0.29, 0.717) is 21.6 Å². The molecule has 0 aliphatic heterocycles. The minimum atomic E-state index is -1.52. The maximum absolute atomic E-state index is 12.9. The quantitative estimate of drug-likeness (QED) is 0.791. The first-order chi connectivity index (χ1) is 10.4. The van der Waals surface area contributed by atoms with Crippen molar-refractivity contribution < 1.29 is 1.37 Å². The summed E-state index contributed by atoms with van der Waals surface area (Å²) in [5.41, 5.74) is 6.60. The van der Waals surface area contributed by atoms with Gasteiger partial charge < -0.3 is 5.73 Å². The van der Waals surface area contributed by atoms with E-state index in [4.69, 9.17) is 18.7 Å². The molecule has 0 bridgehead atoms. The minimum absolute atomic E-state index is 0.165. The molecule has 2 N–H and O–H groups in total. The van der Waals surface area contributed by atoms with Crippen LogP contribution in [0.2, 0.25) is 5.02 Å². The Labute approximate surface area is 128 Å². The molecular formula is C16H14ClN3O. The van der Waals surface area contributed by atoms with Crippen LogP contribution < -0.4 is 11.3 Å². The number of hydrogen-bond donors (Lipinski definition) is 1. The van der Waals surface area contributed by atoms with E-state index in [1.165, 1.54) is 11.5 Å². The van der Waals surface area contributed by atoms with Gasteiger partial charge in [-0.2, -0.15) is 0 Å². The number of nitrogens with two attached hydrogens (primary N) is 1. The van der Waals surface area contributed by atoms with E-state index in [1.807, 2.05) is 6.07 Å². The molecule has 3 rings (SSSR count). The Hall–Kier alpha value is -2.17. The number of halogens is 1. The summed E-state index contributed by atoms with van der Waals surface area (Å²) in [5, 5.41) is 0.649. The number of nitrogens with zero attached hydrogens (tertiary/aromatic N) is 2. The molecule has 3 aromatic rings. The normalized spacial score (nSPS) is 14.7. The molecule has 0 spiro atoms. The lowest BCUT2D eigenvalue weighted by Crippen LogP contribution is -2.27. The molecule has 0 radical (unpaired) electrons.